The van der Waals surface area contributed by atoms with E-state index in [1.807, 2.05) is 0 Å². The first kappa shape index (κ1) is 53.4. The lowest BCUT2D eigenvalue weighted by molar-refractivity contribution is -0.167. The number of esters is 3. The molecule has 0 aromatic rings. The number of ether oxygens (including phenoxy) is 3. The van der Waals surface area contributed by atoms with Crippen LogP contribution in [-0.4, -0.2) is 37.2 Å². The van der Waals surface area contributed by atoms with Crippen molar-refractivity contribution in [3.63, 3.8) is 0 Å². The molecule has 0 saturated heterocycles. The zero-order valence-corrected chi connectivity index (χ0v) is 37.2. The second-order valence-corrected chi connectivity index (χ2v) is 16.7. The van der Waals surface area contributed by atoms with Crippen LogP contribution in [0, 0.1) is 0 Å². The first-order valence-corrected chi connectivity index (χ1v) is 24.5. The van der Waals surface area contributed by atoms with Gasteiger partial charge >= 0.3 is 17.9 Å². The number of hydrogen-bond acceptors (Lipinski definition) is 6. The van der Waals surface area contributed by atoms with Crippen molar-refractivity contribution in [3.05, 3.63) is 0 Å². The molecule has 1 atom stereocenters. The predicted molar refractivity (Wildman–Crippen MR) is 233 cm³/mol. The van der Waals surface area contributed by atoms with E-state index in [1.165, 1.54) is 180 Å². The summed E-state index contributed by atoms with van der Waals surface area (Å²) in [5.41, 5.74) is 0. The van der Waals surface area contributed by atoms with Crippen LogP contribution in [0.25, 0.3) is 0 Å². The lowest BCUT2D eigenvalue weighted by Crippen LogP contribution is -2.30. The van der Waals surface area contributed by atoms with Crippen LogP contribution in [0.2, 0.25) is 0 Å². The topological polar surface area (TPSA) is 78.9 Å². The number of unbranched alkanes of at least 4 members (excludes halogenated alkanes) is 34. The number of hydrogen-bond donors (Lipinski definition) is 0. The van der Waals surface area contributed by atoms with Crippen LogP contribution in [0.1, 0.15) is 278 Å². The highest BCUT2D eigenvalue weighted by atomic mass is 16.6. The van der Waals surface area contributed by atoms with Crippen molar-refractivity contribution in [1.29, 1.82) is 0 Å². The summed E-state index contributed by atoms with van der Waals surface area (Å²) in [6.07, 6.45) is 46.5. The molecule has 0 heterocycles. The molecule has 326 valence electrons. The van der Waals surface area contributed by atoms with Gasteiger partial charge in [-0.05, 0) is 19.3 Å². The van der Waals surface area contributed by atoms with Crippen molar-refractivity contribution < 1.29 is 28.6 Å². The van der Waals surface area contributed by atoms with Crippen molar-refractivity contribution in [3.8, 4) is 0 Å². The molecule has 0 radical (unpaired) electrons. The van der Waals surface area contributed by atoms with Crippen molar-refractivity contribution in [1.82, 2.24) is 0 Å². The van der Waals surface area contributed by atoms with Gasteiger partial charge in [-0.1, -0.05) is 239 Å². The normalized spacial score (nSPS) is 11.8. The zero-order chi connectivity index (χ0) is 40.1. The predicted octanol–water partition coefficient (Wildman–Crippen LogP) is 15.6. The van der Waals surface area contributed by atoms with Crippen LogP contribution in [0.5, 0.6) is 0 Å². The quantitative estimate of drug-likeness (QED) is 0.0348. The molecule has 0 saturated carbocycles. The van der Waals surface area contributed by atoms with Gasteiger partial charge < -0.3 is 14.2 Å². The van der Waals surface area contributed by atoms with Crippen molar-refractivity contribution in [2.75, 3.05) is 13.2 Å². The van der Waals surface area contributed by atoms with Crippen LogP contribution in [0.15, 0.2) is 0 Å². The Hall–Kier alpha value is -1.59. The molecule has 0 aliphatic rings. The average molecular weight is 779 g/mol. The van der Waals surface area contributed by atoms with Crippen LogP contribution in [0.3, 0.4) is 0 Å². The Morgan fingerprint density at radius 1 is 0.291 bits per heavy atom. The summed E-state index contributed by atoms with van der Waals surface area (Å²) in [5, 5.41) is 0. The van der Waals surface area contributed by atoms with E-state index in [2.05, 4.69) is 20.8 Å². The summed E-state index contributed by atoms with van der Waals surface area (Å²) in [5.74, 6) is -0.847. The highest BCUT2D eigenvalue weighted by Gasteiger charge is 2.19. The molecule has 0 aromatic carbocycles. The summed E-state index contributed by atoms with van der Waals surface area (Å²) in [6, 6.07) is 0. The summed E-state index contributed by atoms with van der Waals surface area (Å²) in [7, 11) is 0. The molecule has 0 N–H and O–H groups in total. The fourth-order valence-electron chi connectivity index (χ4n) is 7.38. The Morgan fingerprint density at radius 3 is 0.727 bits per heavy atom. The van der Waals surface area contributed by atoms with Gasteiger partial charge in [0.1, 0.15) is 13.2 Å². The fraction of sp³-hybridized carbons (Fsp3) is 0.939. The number of carbonyl (C=O) groups excluding carboxylic acids is 3. The van der Waals surface area contributed by atoms with E-state index < -0.39 is 6.10 Å². The minimum absolute atomic E-state index is 0.0622. The molecule has 0 aliphatic carbocycles. The molecule has 0 rings (SSSR count). The van der Waals surface area contributed by atoms with Gasteiger partial charge in [0.2, 0.25) is 0 Å². The summed E-state index contributed by atoms with van der Waals surface area (Å²) in [6.45, 7) is 6.66. The van der Waals surface area contributed by atoms with E-state index in [0.29, 0.717) is 19.3 Å². The first-order chi connectivity index (χ1) is 27.0. The van der Waals surface area contributed by atoms with E-state index in [4.69, 9.17) is 14.2 Å². The largest absolute Gasteiger partial charge is 0.462 e. The Labute approximate surface area is 342 Å². The third kappa shape index (κ3) is 43.4. The molecule has 0 fully saturated rings. The lowest BCUT2D eigenvalue weighted by atomic mass is 10.0. The third-order valence-corrected chi connectivity index (χ3v) is 11.1. The smallest absolute Gasteiger partial charge is 0.306 e. The van der Waals surface area contributed by atoms with Crippen molar-refractivity contribution >= 4 is 17.9 Å². The summed E-state index contributed by atoms with van der Waals surface area (Å²) in [4.78, 5) is 37.8. The second kappa shape index (κ2) is 45.1. The molecule has 0 aliphatic heterocycles. The van der Waals surface area contributed by atoms with Gasteiger partial charge in [0.15, 0.2) is 6.10 Å². The Kier molecular flexibility index (Phi) is 43.8. The second-order valence-electron chi connectivity index (χ2n) is 16.7. The molecule has 1 unspecified atom stereocenters. The van der Waals surface area contributed by atoms with Gasteiger partial charge in [-0.25, -0.2) is 0 Å². The molecule has 0 aromatic heterocycles. The third-order valence-electron chi connectivity index (χ3n) is 11.1. The molecular formula is C49H94O6. The van der Waals surface area contributed by atoms with Gasteiger partial charge in [-0.2, -0.15) is 0 Å². The van der Waals surface area contributed by atoms with E-state index >= 15 is 0 Å². The molecule has 0 bridgehead atoms. The Morgan fingerprint density at radius 2 is 0.491 bits per heavy atom. The van der Waals surface area contributed by atoms with Gasteiger partial charge in [-0.3, -0.25) is 14.4 Å². The zero-order valence-electron chi connectivity index (χ0n) is 37.2. The Balaban J connectivity index is 4.28. The van der Waals surface area contributed by atoms with Crippen LogP contribution in [0.4, 0.5) is 0 Å². The van der Waals surface area contributed by atoms with E-state index in [-0.39, 0.29) is 31.1 Å². The highest BCUT2D eigenvalue weighted by Crippen LogP contribution is 2.16. The van der Waals surface area contributed by atoms with Crippen molar-refractivity contribution in [2.24, 2.45) is 0 Å². The van der Waals surface area contributed by atoms with Gasteiger partial charge in [0.05, 0.1) is 0 Å². The van der Waals surface area contributed by atoms with Crippen molar-refractivity contribution in [2.45, 2.75) is 284 Å². The monoisotopic (exact) mass is 779 g/mol. The standard InChI is InChI=1S/C49H94O6/c1-4-7-10-13-16-19-22-23-24-25-28-30-33-36-39-42-48(51)54-45-46(55-49(52)43-40-37-34-31-27-21-18-15-12-9-6-3)44-53-47(50)41-38-35-32-29-26-20-17-14-11-8-5-2/h46H,4-45H2,1-3H3. The lowest BCUT2D eigenvalue weighted by Gasteiger charge is -2.18. The molecule has 6 heteroatoms. The van der Waals surface area contributed by atoms with Crippen LogP contribution in [-0.2, 0) is 28.6 Å². The van der Waals surface area contributed by atoms with E-state index in [9.17, 15) is 14.4 Å². The first-order valence-electron chi connectivity index (χ1n) is 24.5. The molecule has 6 nitrogen and oxygen atoms in total. The maximum absolute atomic E-state index is 12.7. The average Bonchev–Trinajstić information content (AvgIpc) is 3.18. The fourth-order valence-corrected chi connectivity index (χ4v) is 7.38. The number of carbonyl (C=O) groups is 3. The van der Waals surface area contributed by atoms with Gasteiger partial charge in [0, 0.05) is 19.3 Å². The minimum Gasteiger partial charge on any atom is -0.462 e. The van der Waals surface area contributed by atoms with Crippen LogP contribution < -0.4 is 0 Å². The number of rotatable bonds is 45. The molecule has 55 heavy (non-hydrogen) atoms. The molecular weight excluding hydrogens is 685 g/mol. The maximum Gasteiger partial charge on any atom is 0.306 e. The highest BCUT2D eigenvalue weighted by molar-refractivity contribution is 5.71. The molecule has 0 spiro atoms. The van der Waals surface area contributed by atoms with E-state index in [0.717, 1.165) is 57.8 Å². The maximum atomic E-state index is 12.7. The SMILES string of the molecule is CCCCCCCCCCCCCCCCCC(=O)OCC(COC(=O)CCCCCCCCCCCCC)OC(=O)CCCCCCCCCCCCC. The molecule has 0 amide bonds. The summed E-state index contributed by atoms with van der Waals surface area (Å²) >= 11 is 0. The van der Waals surface area contributed by atoms with Crippen LogP contribution >= 0.6 is 0 Å². The Bertz CT molecular complexity index is 813. The van der Waals surface area contributed by atoms with Gasteiger partial charge in [-0.15, -0.1) is 0 Å². The summed E-state index contributed by atoms with van der Waals surface area (Å²) < 4.78 is 16.7. The van der Waals surface area contributed by atoms with Gasteiger partial charge in [0.25, 0.3) is 0 Å². The van der Waals surface area contributed by atoms with E-state index in [1.54, 1.807) is 0 Å². The minimum atomic E-state index is -0.758.